The SMILES string of the molecule is CC(=O)Nc1cc(C=O)nc(B2OC(C)(C)C(C)(C)O2)c1. The van der Waals surface area contributed by atoms with Crippen LogP contribution in [0, 0.1) is 0 Å². The first-order valence-electron chi connectivity index (χ1n) is 6.75. The fraction of sp³-hybridized carbons (Fsp3) is 0.500. The number of carbonyl (C=O) groups excluding carboxylic acids is 2. The Morgan fingerprint density at radius 3 is 2.29 bits per heavy atom. The van der Waals surface area contributed by atoms with Crippen LogP contribution in [-0.4, -0.2) is 35.5 Å². The molecule has 1 fully saturated rings. The molecule has 1 N–H and O–H groups in total. The highest BCUT2D eigenvalue weighted by molar-refractivity contribution is 6.61. The highest BCUT2D eigenvalue weighted by Gasteiger charge is 2.52. The molecule has 0 unspecified atom stereocenters. The van der Waals surface area contributed by atoms with Crippen LogP contribution in [0.3, 0.4) is 0 Å². The van der Waals surface area contributed by atoms with Gasteiger partial charge >= 0.3 is 7.12 Å². The molecule has 112 valence electrons. The lowest BCUT2D eigenvalue weighted by Crippen LogP contribution is -2.41. The van der Waals surface area contributed by atoms with Crippen molar-refractivity contribution in [2.45, 2.75) is 45.8 Å². The number of aromatic nitrogens is 1. The fourth-order valence-corrected chi connectivity index (χ4v) is 1.99. The van der Waals surface area contributed by atoms with E-state index in [2.05, 4.69) is 10.3 Å². The molecule has 0 aliphatic carbocycles. The first-order valence-corrected chi connectivity index (χ1v) is 6.75. The van der Waals surface area contributed by atoms with Gasteiger partial charge in [-0.05, 0) is 39.8 Å². The van der Waals surface area contributed by atoms with Gasteiger partial charge < -0.3 is 14.6 Å². The molecule has 21 heavy (non-hydrogen) atoms. The van der Waals surface area contributed by atoms with Crippen molar-refractivity contribution in [2.75, 3.05) is 5.32 Å². The number of nitrogens with zero attached hydrogens (tertiary/aromatic N) is 1. The number of amides is 1. The van der Waals surface area contributed by atoms with Crippen molar-refractivity contribution in [3.63, 3.8) is 0 Å². The number of carbonyl (C=O) groups is 2. The molecule has 1 saturated heterocycles. The number of aldehydes is 1. The Kier molecular flexibility index (Phi) is 3.90. The van der Waals surface area contributed by atoms with E-state index in [4.69, 9.17) is 9.31 Å². The maximum absolute atomic E-state index is 11.2. The second-order valence-electron chi connectivity index (χ2n) is 6.09. The molecule has 1 aromatic rings. The van der Waals surface area contributed by atoms with E-state index in [-0.39, 0.29) is 11.6 Å². The fourth-order valence-electron chi connectivity index (χ4n) is 1.99. The van der Waals surface area contributed by atoms with Crippen molar-refractivity contribution in [1.82, 2.24) is 4.98 Å². The molecule has 0 aromatic carbocycles. The van der Waals surface area contributed by atoms with E-state index < -0.39 is 18.3 Å². The first-order chi connectivity index (χ1) is 9.64. The normalized spacial score (nSPS) is 19.4. The average Bonchev–Trinajstić information content (AvgIpc) is 2.57. The minimum Gasteiger partial charge on any atom is -0.398 e. The van der Waals surface area contributed by atoms with E-state index in [0.717, 1.165) is 0 Å². The molecule has 0 spiro atoms. The number of nitrogens with one attached hydrogen (secondary N) is 1. The molecule has 1 amide bonds. The van der Waals surface area contributed by atoms with Gasteiger partial charge in [-0.1, -0.05) is 0 Å². The summed E-state index contributed by atoms with van der Waals surface area (Å²) in [7, 11) is -0.678. The van der Waals surface area contributed by atoms with Crippen LogP contribution in [0.25, 0.3) is 0 Å². The molecule has 0 atom stereocenters. The van der Waals surface area contributed by atoms with Crippen LogP contribution >= 0.6 is 0 Å². The quantitative estimate of drug-likeness (QED) is 0.667. The van der Waals surface area contributed by atoms with Crippen molar-refractivity contribution in [2.24, 2.45) is 0 Å². The summed E-state index contributed by atoms with van der Waals surface area (Å²) in [6.45, 7) is 9.14. The summed E-state index contributed by atoms with van der Waals surface area (Å²) in [5.41, 5.74) is 0.173. The molecule has 0 saturated carbocycles. The van der Waals surface area contributed by atoms with Gasteiger partial charge in [0.15, 0.2) is 6.29 Å². The topological polar surface area (TPSA) is 77.5 Å². The zero-order chi connectivity index (χ0) is 15.8. The van der Waals surface area contributed by atoms with Gasteiger partial charge in [0.05, 0.1) is 16.8 Å². The number of pyridine rings is 1. The van der Waals surface area contributed by atoms with Crippen molar-refractivity contribution in [1.29, 1.82) is 0 Å². The zero-order valence-electron chi connectivity index (χ0n) is 12.9. The van der Waals surface area contributed by atoms with Gasteiger partial charge in [0, 0.05) is 12.6 Å². The highest BCUT2D eigenvalue weighted by Crippen LogP contribution is 2.36. The molecule has 7 heteroatoms. The maximum Gasteiger partial charge on any atom is 0.514 e. The highest BCUT2D eigenvalue weighted by atomic mass is 16.7. The Balaban J connectivity index is 2.36. The predicted molar refractivity (Wildman–Crippen MR) is 79.6 cm³/mol. The molecule has 0 radical (unpaired) electrons. The van der Waals surface area contributed by atoms with E-state index in [1.165, 1.54) is 13.0 Å². The van der Waals surface area contributed by atoms with Crippen LogP contribution in [0.5, 0.6) is 0 Å². The van der Waals surface area contributed by atoms with Crippen LogP contribution in [-0.2, 0) is 14.1 Å². The van der Waals surface area contributed by atoms with E-state index >= 15 is 0 Å². The second kappa shape index (κ2) is 5.24. The maximum atomic E-state index is 11.2. The largest absolute Gasteiger partial charge is 0.514 e. The Bertz CT molecular complexity index is 570. The van der Waals surface area contributed by atoms with E-state index in [0.29, 0.717) is 17.6 Å². The van der Waals surface area contributed by atoms with E-state index in [1.807, 2.05) is 27.7 Å². The smallest absolute Gasteiger partial charge is 0.398 e. The van der Waals surface area contributed by atoms with Crippen LogP contribution in [0.1, 0.15) is 45.1 Å². The van der Waals surface area contributed by atoms with Crippen LogP contribution in [0.2, 0.25) is 0 Å². The van der Waals surface area contributed by atoms with Crippen molar-refractivity contribution < 1.29 is 18.9 Å². The van der Waals surface area contributed by atoms with E-state index in [9.17, 15) is 9.59 Å². The summed E-state index contributed by atoms with van der Waals surface area (Å²) in [5, 5.41) is 2.64. The van der Waals surface area contributed by atoms with Crippen molar-refractivity contribution >= 4 is 30.6 Å². The number of hydrogen-bond acceptors (Lipinski definition) is 5. The lowest BCUT2D eigenvalue weighted by molar-refractivity contribution is -0.114. The number of rotatable bonds is 3. The third kappa shape index (κ3) is 3.14. The predicted octanol–water partition coefficient (Wildman–Crippen LogP) is 1.15. The summed E-state index contributed by atoms with van der Waals surface area (Å²) in [4.78, 5) is 26.4. The molecule has 0 bridgehead atoms. The van der Waals surface area contributed by atoms with Gasteiger partial charge in [-0.15, -0.1) is 0 Å². The summed E-state index contributed by atoms with van der Waals surface area (Å²) in [5.74, 6) is -0.224. The second-order valence-corrected chi connectivity index (χ2v) is 6.09. The van der Waals surface area contributed by atoms with Crippen LogP contribution < -0.4 is 10.9 Å². The monoisotopic (exact) mass is 290 g/mol. The van der Waals surface area contributed by atoms with Gasteiger partial charge in [-0.3, -0.25) is 14.6 Å². The summed E-state index contributed by atoms with van der Waals surface area (Å²) in [6, 6.07) is 3.15. The van der Waals surface area contributed by atoms with Crippen molar-refractivity contribution in [3.8, 4) is 0 Å². The molecule has 2 heterocycles. The Labute approximate surface area is 124 Å². The molecular weight excluding hydrogens is 271 g/mol. The Hall–Kier alpha value is -1.73. The molecule has 1 aromatic heterocycles. The van der Waals surface area contributed by atoms with Crippen LogP contribution in [0.15, 0.2) is 12.1 Å². The van der Waals surface area contributed by atoms with Gasteiger partial charge in [-0.2, -0.15) is 0 Å². The molecule has 1 aliphatic heterocycles. The Morgan fingerprint density at radius 1 is 1.24 bits per heavy atom. The molecule has 1 aliphatic rings. The van der Waals surface area contributed by atoms with Gasteiger partial charge in [0.1, 0.15) is 5.69 Å². The standard InChI is InChI=1S/C14H19BN2O4/c1-9(19)16-10-6-11(8-18)17-12(7-10)15-20-13(2,3)14(4,5)21-15/h6-8H,1-5H3,(H,16,17,19). The van der Waals surface area contributed by atoms with Gasteiger partial charge in [-0.25, -0.2) is 0 Å². The summed E-state index contributed by atoms with van der Waals surface area (Å²) < 4.78 is 11.8. The van der Waals surface area contributed by atoms with E-state index in [1.54, 1.807) is 6.07 Å². The lowest BCUT2D eigenvalue weighted by Gasteiger charge is -2.32. The average molecular weight is 290 g/mol. The number of anilines is 1. The third-order valence-corrected chi connectivity index (χ3v) is 3.80. The number of hydrogen-bond donors (Lipinski definition) is 1. The van der Waals surface area contributed by atoms with Gasteiger partial charge in [0.2, 0.25) is 5.91 Å². The van der Waals surface area contributed by atoms with Crippen molar-refractivity contribution in [3.05, 3.63) is 17.8 Å². The lowest BCUT2D eigenvalue weighted by atomic mass is 9.83. The first kappa shape index (κ1) is 15.7. The third-order valence-electron chi connectivity index (χ3n) is 3.80. The zero-order valence-corrected chi connectivity index (χ0v) is 12.9. The molecule has 2 rings (SSSR count). The molecular formula is C14H19BN2O4. The van der Waals surface area contributed by atoms with Gasteiger partial charge in [0.25, 0.3) is 0 Å². The minimum absolute atomic E-state index is 0.214. The van der Waals surface area contributed by atoms with Crippen LogP contribution in [0.4, 0.5) is 5.69 Å². The summed E-state index contributed by atoms with van der Waals surface area (Å²) >= 11 is 0. The Morgan fingerprint density at radius 2 is 1.81 bits per heavy atom. The minimum atomic E-state index is -0.678. The summed E-state index contributed by atoms with van der Waals surface area (Å²) in [6.07, 6.45) is 0.625. The molecule has 6 nitrogen and oxygen atoms in total.